The van der Waals surface area contributed by atoms with Crippen LogP contribution in [0.25, 0.3) is 0 Å². The van der Waals surface area contributed by atoms with E-state index in [1.165, 1.54) is 11.3 Å². The molecule has 1 rings (SSSR count). The summed E-state index contributed by atoms with van der Waals surface area (Å²) in [6.07, 6.45) is 0.206. The Morgan fingerprint density at radius 1 is 1.69 bits per heavy atom. The summed E-state index contributed by atoms with van der Waals surface area (Å²) in [7, 11) is 0. The molecular formula is C7H7Cl2NO2S. The highest BCUT2D eigenvalue weighted by Gasteiger charge is 2.15. The Kier molecular flexibility index (Phi) is 3.55. The van der Waals surface area contributed by atoms with Gasteiger partial charge in [0.25, 0.3) is 0 Å². The molecule has 0 aliphatic rings. The van der Waals surface area contributed by atoms with Gasteiger partial charge in [-0.25, -0.2) is 0 Å². The Hall–Kier alpha value is -0.290. The van der Waals surface area contributed by atoms with Crippen molar-refractivity contribution in [2.45, 2.75) is 12.5 Å². The summed E-state index contributed by atoms with van der Waals surface area (Å²) < 4.78 is 1.04. The maximum atomic E-state index is 10.4. The predicted octanol–water partition coefficient (Wildman–Crippen LogP) is 2.01. The average Bonchev–Trinajstić information content (AvgIpc) is 2.30. The van der Waals surface area contributed by atoms with E-state index in [0.717, 1.165) is 0 Å². The van der Waals surface area contributed by atoms with Crippen LogP contribution in [-0.4, -0.2) is 17.1 Å². The third kappa shape index (κ3) is 2.84. The molecule has 0 aromatic carbocycles. The maximum Gasteiger partial charge on any atom is 0.320 e. The lowest BCUT2D eigenvalue weighted by Crippen LogP contribution is -2.32. The van der Waals surface area contributed by atoms with Gasteiger partial charge in [-0.2, -0.15) is 0 Å². The number of nitrogens with two attached hydrogens (primary N) is 1. The molecule has 0 spiro atoms. The molecule has 3 N–H and O–H groups in total. The smallest absolute Gasteiger partial charge is 0.320 e. The van der Waals surface area contributed by atoms with Gasteiger partial charge < -0.3 is 10.8 Å². The molecule has 0 aliphatic heterocycles. The topological polar surface area (TPSA) is 63.3 Å². The molecular weight excluding hydrogens is 233 g/mol. The van der Waals surface area contributed by atoms with E-state index in [2.05, 4.69) is 0 Å². The minimum Gasteiger partial charge on any atom is -0.480 e. The number of hydrogen-bond acceptors (Lipinski definition) is 3. The van der Waals surface area contributed by atoms with Crippen molar-refractivity contribution < 1.29 is 9.90 Å². The lowest BCUT2D eigenvalue weighted by Gasteiger charge is -2.03. The SMILES string of the molecule is NC(Cc1cc(Cl)sc1Cl)C(=O)O. The minimum atomic E-state index is -1.04. The van der Waals surface area contributed by atoms with Gasteiger partial charge in [0, 0.05) is 6.42 Å². The third-order valence-electron chi connectivity index (χ3n) is 1.48. The zero-order valence-corrected chi connectivity index (χ0v) is 8.79. The summed E-state index contributed by atoms with van der Waals surface area (Å²) in [5, 5.41) is 8.54. The van der Waals surface area contributed by atoms with Gasteiger partial charge in [-0.15, -0.1) is 11.3 Å². The van der Waals surface area contributed by atoms with Crippen LogP contribution in [0.5, 0.6) is 0 Å². The van der Waals surface area contributed by atoms with Crippen LogP contribution in [0, 0.1) is 0 Å². The number of aliphatic carboxylic acids is 1. The Bertz CT molecular complexity index is 326. The van der Waals surface area contributed by atoms with Crippen molar-refractivity contribution in [3.8, 4) is 0 Å². The lowest BCUT2D eigenvalue weighted by molar-refractivity contribution is -0.138. The molecule has 1 aromatic heterocycles. The Labute approximate surface area is 89.1 Å². The van der Waals surface area contributed by atoms with Crippen molar-refractivity contribution in [2.24, 2.45) is 5.73 Å². The summed E-state index contributed by atoms with van der Waals surface area (Å²) in [4.78, 5) is 10.4. The molecule has 0 saturated carbocycles. The van der Waals surface area contributed by atoms with Crippen molar-refractivity contribution >= 4 is 40.5 Å². The van der Waals surface area contributed by atoms with Crippen molar-refractivity contribution in [3.63, 3.8) is 0 Å². The normalized spacial score (nSPS) is 12.8. The van der Waals surface area contributed by atoms with Crippen LogP contribution in [0.2, 0.25) is 8.67 Å². The molecule has 6 heteroatoms. The first kappa shape index (κ1) is 10.8. The fraction of sp³-hybridized carbons (Fsp3) is 0.286. The molecule has 0 saturated heterocycles. The first-order chi connectivity index (χ1) is 6.00. The summed E-state index contributed by atoms with van der Waals surface area (Å²) in [5.41, 5.74) is 6.02. The molecule has 1 atom stereocenters. The number of thiophene rings is 1. The quantitative estimate of drug-likeness (QED) is 0.849. The summed E-state index contributed by atoms with van der Waals surface area (Å²) >= 11 is 12.7. The molecule has 13 heavy (non-hydrogen) atoms. The predicted molar refractivity (Wildman–Crippen MR) is 53.7 cm³/mol. The van der Waals surface area contributed by atoms with Gasteiger partial charge in [0.15, 0.2) is 0 Å². The van der Waals surface area contributed by atoms with Crippen LogP contribution < -0.4 is 5.73 Å². The largest absolute Gasteiger partial charge is 0.480 e. The second kappa shape index (κ2) is 4.28. The van der Waals surface area contributed by atoms with Gasteiger partial charge in [0.1, 0.15) is 6.04 Å². The van der Waals surface area contributed by atoms with Crippen molar-refractivity contribution in [2.75, 3.05) is 0 Å². The summed E-state index contributed by atoms with van der Waals surface area (Å²) in [6, 6.07) is 0.709. The molecule has 0 aliphatic carbocycles. The average molecular weight is 240 g/mol. The van der Waals surface area contributed by atoms with E-state index < -0.39 is 12.0 Å². The monoisotopic (exact) mass is 239 g/mol. The van der Waals surface area contributed by atoms with Crippen LogP contribution in [0.4, 0.5) is 0 Å². The fourth-order valence-electron chi connectivity index (χ4n) is 0.838. The van der Waals surface area contributed by atoms with Gasteiger partial charge in [0.2, 0.25) is 0 Å². The van der Waals surface area contributed by atoms with E-state index >= 15 is 0 Å². The molecule has 0 bridgehead atoms. The molecule has 3 nitrogen and oxygen atoms in total. The number of carboxylic acids is 1. The first-order valence-electron chi connectivity index (χ1n) is 3.43. The van der Waals surface area contributed by atoms with Gasteiger partial charge in [0.05, 0.1) is 8.67 Å². The Morgan fingerprint density at radius 3 is 2.69 bits per heavy atom. The molecule has 0 radical (unpaired) electrons. The minimum absolute atomic E-state index is 0.206. The number of halogens is 2. The standard InChI is InChI=1S/C7H7Cl2NO2S/c8-5-2-3(6(9)13-5)1-4(10)7(11)12/h2,4H,1,10H2,(H,11,12). The van der Waals surface area contributed by atoms with Crippen LogP contribution in [0.1, 0.15) is 5.56 Å². The van der Waals surface area contributed by atoms with Crippen molar-refractivity contribution in [1.82, 2.24) is 0 Å². The van der Waals surface area contributed by atoms with Gasteiger partial charge in [-0.3, -0.25) is 4.79 Å². The highest BCUT2D eigenvalue weighted by Crippen LogP contribution is 2.31. The number of rotatable bonds is 3. The van der Waals surface area contributed by atoms with Gasteiger partial charge in [-0.05, 0) is 11.6 Å². The highest BCUT2D eigenvalue weighted by molar-refractivity contribution is 7.20. The van der Waals surface area contributed by atoms with Gasteiger partial charge in [-0.1, -0.05) is 23.2 Å². The van der Waals surface area contributed by atoms with Crippen LogP contribution >= 0.6 is 34.5 Å². The fourth-order valence-corrected chi connectivity index (χ4v) is 2.35. The Morgan fingerprint density at radius 2 is 2.31 bits per heavy atom. The molecule has 1 aromatic rings. The summed E-state index contributed by atoms with van der Waals surface area (Å²) in [5.74, 6) is -1.04. The Balaban J connectivity index is 2.74. The van der Waals surface area contributed by atoms with Crippen LogP contribution in [0.3, 0.4) is 0 Å². The lowest BCUT2D eigenvalue weighted by atomic mass is 10.1. The van der Waals surface area contributed by atoms with E-state index in [9.17, 15) is 4.79 Å². The summed E-state index contributed by atoms with van der Waals surface area (Å²) in [6.45, 7) is 0. The number of carboxylic acid groups (broad SMARTS) is 1. The van der Waals surface area contributed by atoms with Crippen molar-refractivity contribution in [1.29, 1.82) is 0 Å². The van der Waals surface area contributed by atoms with E-state index in [0.29, 0.717) is 14.2 Å². The van der Waals surface area contributed by atoms with E-state index in [-0.39, 0.29) is 6.42 Å². The molecule has 0 fully saturated rings. The second-order valence-corrected chi connectivity index (χ2v) is 4.78. The molecule has 72 valence electrons. The first-order valence-corrected chi connectivity index (χ1v) is 5.00. The van der Waals surface area contributed by atoms with Crippen molar-refractivity contribution in [3.05, 3.63) is 20.3 Å². The zero-order valence-electron chi connectivity index (χ0n) is 6.46. The zero-order chi connectivity index (χ0) is 10.0. The number of carbonyl (C=O) groups is 1. The highest BCUT2D eigenvalue weighted by atomic mass is 35.5. The van der Waals surface area contributed by atoms with Crippen LogP contribution in [-0.2, 0) is 11.2 Å². The third-order valence-corrected chi connectivity index (χ3v) is 3.05. The molecule has 1 heterocycles. The van der Waals surface area contributed by atoms with E-state index in [1.54, 1.807) is 6.07 Å². The second-order valence-electron chi connectivity index (χ2n) is 2.50. The van der Waals surface area contributed by atoms with Crippen LogP contribution in [0.15, 0.2) is 6.07 Å². The molecule has 1 unspecified atom stereocenters. The maximum absolute atomic E-state index is 10.4. The molecule has 0 amide bonds. The number of hydrogen-bond donors (Lipinski definition) is 2. The van der Waals surface area contributed by atoms with E-state index in [4.69, 9.17) is 34.0 Å². The van der Waals surface area contributed by atoms with Gasteiger partial charge >= 0.3 is 5.97 Å². The van der Waals surface area contributed by atoms with E-state index in [1.807, 2.05) is 0 Å².